The summed E-state index contributed by atoms with van der Waals surface area (Å²) in [5.41, 5.74) is 2.29. The van der Waals surface area contributed by atoms with Crippen LogP contribution in [0.25, 0.3) is 0 Å². The van der Waals surface area contributed by atoms with Crippen LogP contribution in [0.3, 0.4) is 0 Å². The van der Waals surface area contributed by atoms with Crippen LogP contribution in [0.2, 0.25) is 0 Å². The van der Waals surface area contributed by atoms with Gasteiger partial charge in [-0.1, -0.05) is 13.0 Å². The summed E-state index contributed by atoms with van der Waals surface area (Å²) in [5.74, 6) is -0.441. The third-order valence-electron chi connectivity index (χ3n) is 4.00. The average Bonchev–Trinajstić information content (AvgIpc) is 3.35. The number of hydrogen-bond acceptors (Lipinski definition) is 4. The zero-order valence-electron chi connectivity index (χ0n) is 14.9. The number of anilines is 2. The van der Waals surface area contributed by atoms with Gasteiger partial charge in [0.05, 0.1) is 0 Å². The first kappa shape index (κ1) is 18.8. The molecule has 1 aliphatic carbocycles. The molecule has 0 spiro atoms. The SMILES string of the molecule is CCCC(=O)Nc1cccc(NC(C)C(=O)NC(=O)NC2CC2)c1C. The van der Waals surface area contributed by atoms with Gasteiger partial charge in [-0.05, 0) is 50.8 Å². The fraction of sp³-hybridized carbons (Fsp3) is 0.500. The van der Waals surface area contributed by atoms with Crippen molar-refractivity contribution in [1.82, 2.24) is 10.6 Å². The molecular weight excluding hydrogens is 320 g/mol. The van der Waals surface area contributed by atoms with Crippen molar-refractivity contribution in [2.45, 2.75) is 58.5 Å². The molecule has 1 atom stereocenters. The molecular formula is C18H26N4O3. The molecule has 1 aromatic carbocycles. The number of benzene rings is 1. The van der Waals surface area contributed by atoms with E-state index in [1.165, 1.54) is 0 Å². The van der Waals surface area contributed by atoms with E-state index in [9.17, 15) is 14.4 Å². The molecule has 0 saturated heterocycles. The molecule has 7 heteroatoms. The molecule has 25 heavy (non-hydrogen) atoms. The second-order valence-corrected chi connectivity index (χ2v) is 6.38. The quantitative estimate of drug-likeness (QED) is 0.609. The third kappa shape index (κ3) is 5.77. The van der Waals surface area contributed by atoms with Gasteiger partial charge >= 0.3 is 6.03 Å². The van der Waals surface area contributed by atoms with Crippen molar-refractivity contribution < 1.29 is 14.4 Å². The maximum atomic E-state index is 12.1. The highest BCUT2D eigenvalue weighted by molar-refractivity contribution is 5.98. The van der Waals surface area contributed by atoms with E-state index >= 15 is 0 Å². The highest BCUT2D eigenvalue weighted by Crippen LogP contribution is 2.24. The normalized spacial score (nSPS) is 14.4. The lowest BCUT2D eigenvalue weighted by Gasteiger charge is -2.18. The fourth-order valence-corrected chi connectivity index (χ4v) is 2.34. The summed E-state index contributed by atoms with van der Waals surface area (Å²) in [6.07, 6.45) is 3.17. The summed E-state index contributed by atoms with van der Waals surface area (Å²) in [5, 5.41) is 11.0. The van der Waals surface area contributed by atoms with Crippen LogP contribution in [0, 0.1) is 6.92 Å². The molecule has 1 aliphatic rings. The molecule has 1 aromatic rings. The predicted molar refractivity (Wildman–Crippen MR) is 97.5 cm³/mol. The van der Waals surface area contributed by atoms with Crippen LogP contribution in [-0.4, -0.2) is 29.9 Å². The number of imide groups is 1. The van der Waals surface area contributed by atoms with Crippen LogP contribution < -0.4 is 21.3 Å². The second kappa shape index (κ2) is 8.50. The highest BCUT2D eigenvalue weighted by atomic mass is 16.2. The Bertz CT molecular complexity index is 656. The van der Waals surface area contributed by atoms with Gasteiger partial charge in [-0.25, -0.2) is 4.79 Å². The fourth-order valence-electron chi connectivity index (χ4n) is 2.34. The van der Waals surface area contributed by atoms with E-state index in [0.717, 1.165) is 30.5 Å². The monoisotopic (exact) mass is 346 g/mol. The molecule has 0 bridgehead atoms. The van der Waals surface area contributed by atoms with Crippen molar-refractivity contribution in [3.05, 3.63) is 23.8 Å². The number of amides is 4. The van der Waals surface area contributed by atoms with Gasteiger partial charge in [-0.15, -0.1) is 0 Å². The van der Waals surface area contributed by atoms with Crippen molar-refractivity contribution >= 4 is 29.2 Å². The average molecular weight is 346 g/mol. The topological polar surface area (TPSA) is 99.3 Å². The lowest BCUT2D eigenvalue weighted by Crippen LogP contribution is -2.46. The van der Waals surface area contributed by atoms with Crippen molar-refractivity contribution in [3.63, 3.8) is 0 Å². The van der Waals surface area contributed by atoms with E-state index in [2.05, 4.69) is 21.3 Å². The van der Waals surface area contributed by atoms with E-state index < -0.39 is 18.0 Å². The van der Waals surface area contributed by atoms with E-state index in [1.54, 1.807) is 13.0 Å². The Hall–Kier alpha value is -2.57. The summed E-state index contributed by atoms with van der Waals surface area (Å²) in [6.45, 7) is 5.50. The maximum absolute atomic E-state index is 12.1. The first-order chi connectivity index (χ1) is 11.9. The first-order valence-electron chi connectivity index (χ1n) is 8.68. The van der Waals surface area contributed by atoms with Crippen molar-refractivity contribution in [2.75, 3.05) is 10.6 Å². The molecule has 0 aliphatic heterocycles. The number of carbonyl (C=O) groups excluding carboxylic acids is 3. The van der Waals surface area contributed by atoms with Crippen LogP contribution in [0.1, 0.15) is 45.1 Å². The van der Waals surface area contributed by atoms with Gasteiger partial charge < -0.3 is 16.0 Å². The van der Waals surface area contributed by atoms with Gasteiger partial charge in [0.2, 0.25) is 11.8 Å². The van der Waals surface area contributed by atoms with Crippen molar-refractivity contribution in [1.29, 1.82) is 0 Å². The van der Waals surface area contributed by atoms with Gasteiger partial charge in [0.15, 0.2) is 0 Å². The Morgan fingerprint density at radius 2 is 1.88 bits per heavy atom. The predicted octanol–water partition coefficient (Wildman–Crippen LogP) is 2.52. The smallest absolute Gasteiger partial charge is 0.321 e. The molecule has 1 saturated carbocycles. The number of rotatable bonds is 7. The zero-order chi connectivity index (χ0) is 18.4. The Kier molecular flexibility index (Phi) is 6.38. The molecule has 0 radical (unpaired) electrons. The van der Waals surface area contributed by atoms with Gasteiger partial charge in [0.1, 0.15) is 6.04 Å². The van der Waals surface area contributed by atoms with Gasteiger partial charge in [-0.2, -0.15) is 0 Å². The highest BCUT2D eigenvalue weighted by Gasteiger charge is 2.25. The van der Waals surface area contributed by atoms with E-state index in [-0.39, 0.29) is 11.9 Å². The summed E-state index contributed by atoms with van der Waals surface area (Å²) in [6, 6.07) is 4.60. The lowest BCUT2D eigenvalue weighted by atomic mass is 10.1. The minimum absolute atomic E-state index is 0.0368. The van der Waals surface area contributed by atoms with Gasteiger partial charge in [-0.3, -0.25) is 14.9 Å². The standard InChI is InChI=1S/C18H26N4O3/c1-4-6-16(23)21-15-8-5-7-14(11(15)2)19-12(3)17(24)22-18(25)20-13-9-10-13/h5,7-8,12-13,19H,4,6,9-10H2,1-3H3,(H,21,23)(H2,20,22,24,25). The Balaban J connectivity index is 1.94. The molecule has 1 fully saturated rings. The zero-order valence-corrected chi connectivity index (χ0v) is 14.9. The van der Waals surface area contributed by atoms with Crippen LogP contribution in [0.5, 0.6) is 0 Å². The number of nitrogens with one attached hydrogen (secondary N) is 4. The summed E-state index contributed by atoms with van der Waals surface area (Å²) in [4.78, 5) is 35.5. The molecule has 2 rings (SSSR count). The van der Waals surface area contributed by atoms with Gasteiger partial charge in [0.25, 0.3) is 0 Å². The maximum Gasteiger partial charge on any atom is 0.321 e. The Morgan fingerprint density at radius 1 is 1.20 bits per heavy atom. The van der Waals surface area contributed by atoms with Crippen molar-refractivity contribution in [2.24, 2.45) is 0 Å². The first-order valence-corrected chi connectivity index (χ1v) is 8.68. The molecule has 1 unspecified atom stereocenters. The van der Waals surface area contributed by atoms with Crippen LogP contribution in [0.4, 0.5) is 16.2 Å². The van der Waals surface area contributed by atoms with Gasteiger partial charge in [0, 0.05) is 23.8 Å². The lowest BCUT2D eigenvalue weighted by molar-refractivity contribution is -0.120. The minimum Gasteiger partial charge on any atom is -0.374 e. The third-order valence-corrected chi connectivity index (χ3v) is 4.00. The summed E-state index contributed by atoms with van der Waals surface area (Å²) >= 11 is 0. The Labute approximate surface area is 147 Å². The van der Waals surface area contributed by atoms with E-state index in [1.807, 2.05) is 26.0 Å². The minimum atomic E-state index is -0.592. The van der Waals surface area contributed by atoms with Crippen LogP contribution in [-0.2, 0) is 9.59 Å². The number of carbonyl (C=O) groups is 3. The molecule has 136 valence electrons. The van der Waals surface area contributed by atoms with Crippen LogP contribution in [0.15, 0.2) is 18.2 Å². The molecule has 0 heterocycles. The number of urea groups is 1. The van der Waals surface area contributed by atoms with Crippen molar-refractivity contribution in [3.8, 4) is 0 Å². The number of hydrogen-bond donors (Lipinski definition) is 4. The largest absolute Gasteiger partial charge is 0.374 e. The molecule has 4 amide bonds. The molecule has 7 nitrogen and oxygen atoms in total. The molecule has 4 N–H and O–H groups in total. The van der Waals surface area contributed by atoms with Crippen LogP contribution >= 0.6 is 0 Å². The van der Waals surface area contributed by atoms with E-state index in [0.29, 0.717) is 12.1 Å². The summed E-state index contributed by atoms with van der Waals surface area (Å²) in [7, 11) is 0. The Morgan fingerprint density at radius 3 is 2.52 bits per heavy atom. The van der Waals surface area contributed by atoms with E-state index in [4.69, 9.17) is 0 Å². The second-order valence-electron chi connectivity index (χ2n) is 6.38. The molecule has 0 aromatic heterocycles. The summed E-state index contributed by atoms with van der Waals surface area (Å²) < 4.78 is 0.